The summed E-state index contributed by atoms with van der Waals surface area (Å²) in [6.07, 6.45) is 42.8. The molecule has 0 aromatic carbocycles. The first-order valence-corrected chi connectivity index (χ1v) is 23.1. The Labute approximate surface area is 301 Å². The highest BCUT2D eigenvalue weighted by molar-refractivity contribution is 5.08. The average molecular weight is 676 g/mol. The van der Waals surface area contributed by atoms with E-state index in [1.54, 1.807) is 0 Å². The van der Waals surface area contributed by atoms with E-state index < -0.39 is 0 Å². The summed E-state index contributed by atoms with van der Waals surface area (Å²) in [5.41, 5.74) is 7.20. The molecular formula is C44H77N5. The van der Waals surface area contributed by atoms with Crippen molar-refractivity contribution < 1.29 is 0 Å². The third-order valence-corrected chi connectivity index (χ3v) is 17.4. The summed E-state index contributed by atoms with van der Waals surface area (Å²) in [4.78, 5) is 6.46. The fourth-order valence-corrected chi connectivity index (χ4v) is 15.4. The summed E-state index contributed by atoms with van der Waals surface area (Å²) < 4.78 is 0. The van der Waals surface area contributed by atoms with E-state index in [4.69, 9.17) is 5.73 Å². The third-order valence-electron chi connectivity index (χ3n) is 17.4. The molecule has 0 radical (unpaired) electrons. The lowest BCUT2D eigenvalue weighted by Crippen LogP contribution is -2.62. The zero-order valence-corrected chi connectivity index (χ0v) is 31.6. The van der Waals surface area contributed by atoms with Crippen LogP contribution in [0.15, 0.2) is 0 Å². The van der Waals surface area contributed by atoms with Crippen LogP contribution in [-0.4, -0.2) is 64.4 Å². The van der Waals surface area contributed by atoms with Gasteiger partial charge in [0.1, 0.15) is 0 Å². The molecule has 14 atom stereocenters. The van der Waals surface area contributed by atoms with E-state index in [0.29, 0.717) is 18.1 Å². The fourth-order valence-electron chi connectivity index (χ4n) is 15.4. The number of likely N-dealkylation sites (tertiary alicyclic amines) is 2. The molecule has 5 nitrogen and oxygen atoms in total. The van der Waals surface area contributed by atoms with Crippen LogP contribution in [-0.2, 0) is 0 Å². The zero-order valence-electron chi connectivity index (χ0n) is 31.6. The van der Waals surface area contributed by atoms with Crippen LogP contribution in [0.3, 0.4) is 0 Å². The molecule has 0 aromatic rings. The van der Waals surface area contributed by atoms with Crippen LogP contribution >= 0.6 is 0 Å². The Morgan fingerprint density at radius 2 is 0.837 bits per heavy atom. The highest BCUT2D eigenvalue weighted by Crippen LogP contribution is 2.53. The van der Waals surface area contributed by atoms with Gasteiger partial charge in [-0.15, -0.1) is 0 Å². The molecule has 9 fully saturated rings. The summed E-state index contributed by atoms with van der Waals surface area (Å²) in [6, 6.07) is 5.90. The Hall–Kier alpha value is -0.200. The Bertz CT molecular complexity index is 1020. The number of nitrogens with one attached hydrogen (secondary N) is 2. The second-order valence-corrected chi connectivity index (χ2v) is 19.8. The molecule has 49 heavy (non-hydrogen) atoms. The molecule has 2 saturated heterocycles. The molecule has 2 heterocycles. The number of fused-ring (bicyclic) bond motifs is 6. The van der Waals surface area contributed by atoms with Crippen LogP contribution in [0.25, 0.3) is 0 Å². The lowest BCUT2D eigenvalue weighted by molar-refractivity contribution is 0.0320. The second-order valence-electron chi connectivity index (χ2n) is 19.8. The fraction of sp³-hybridized carbons (Fsp3) is 1.00. The summed E-state index contributed by atoms with van der Waals surface area (Å²) in [5.74, 6) is 5.46. The summed E-state index contributed by atoms with van der Waals surface area (Å²) >= 11 is 0. The van der Waals surface area contributed by atoms with Crippen LogP contribution in [0.1, 0.15) is 186 Å². The monoisotopic (exact) mass is 676 g/mol. The van der Waals surface area contributed by atoms with Crippen molar-refractivity contribution in [3.05, 3.63) is 0 Å². The molecule has 278 valence electrons. The van der Waals surface area contributed by atoms with Gasteiger partial charge < -0.3 is 5.73 Å². The van der Waals surface area contributed by atoms with E-state index in [0.717, 1.165) is 65.8 Å². The van der Waals surface area contributed by atoms with E-state index in [1.807, 2.05) is 0 Å². The Kier molecular flexibility index (Phi) is 11.0. The van der Waals surface area contributed by atoms with Crippen LogP contribution < -0.4 is 16.4 Å². The SMILES string of the molecule is NC(NC(NC1CCCC(N2C3CCCCC3C3CCCCC32)C1)C1CCCC(N2C3CCCCC3C3CCCCC32)C1)C1CCCCC1. The topological polar surface area (TPSA) is 56.6 Å². The molecule has 9 aliphatic rings. The molecule has 0 amide bonds. The number of nitrogens with zero attached hydrogens (tertiary/aromatic N) is 2. The molecule has 5 heteroatoms. The van der Waals surface area contributed by atoms with Crippen LogP contribution in [0.2, 0.25) is 0 Å². The van der Waals surface area contributed by atoms with Crippen LogP contribution in [0.4, 0.5) is 0 Å². The maximum atomic E-state index is 7.20. The molecule has 9 rings (SSSR count). The number of hydrogen-bond donors (Lipinski definition) is 3. The Balaban J connectivity index is 0.923. The van der Waals surface area contributed by atoms with Crippen molar-refractivity contribution in [2.45, 2.75) is 241 Å². The van der Waals surface area contributed by atoms with Crippen molar-refractivity contribution in [2.24, 2.45) is 41.2 Å². The van der Waals surface area contributed by atoms with Crippen LogP contribution in [0.5, 0.6) is 0 Å². The van der Waals surface area contributed by atoms with Gasteiger partial charge in [-0.1, -0.05) is 83.5 Å². The van der Waals surface area contributed by atoms with E-state index in [1.165, 1.54) is 186 Å². The van der Waals surface area contributed by atoms with Crippen molar-refractivity contribution in [1.29, 1.82) is 0 Å². The maximum Gasteiger partial charge on any atom is 0.0615 e. The lowest BCUT2D eigenvalue weighted by atomic mass is 9.73. The van der Waals surface area contributed by atoms with Gasteiger partial charge in [-0.3, -0.25) is 20.4 Å². The quantitative estimate of drug-likeness (QED) is 0.224. The molecular weight excluding hydrogens is 599 g/mol. The van der Waals surface area contributed by atoms with Crippen molar-refractivity contribution in [2.75, 3.05) is 0 Å². The molecule has 7 aliphatic carbocycles. The highest BCUT2D eigenvalue weighted by Gasteiger charge is 2.54. The molecule has 0 bridgehead atoms. The number of hydrogen-bond acceptors (Lipinski definition) is 5. The van der Waals surface area contributed by atoms with E-state index in [9.17, 15) is 0 Å². The normalized spacial score (nSPS) is 46.7. The standard InChI is InChI=1S/C44H77N5/c45-43(30-14-2-1-3-15-30)47-44(31-16-12-18-33(28-31)48-39-24-8-4-20-35(39)36-21-5-9-25-40(36)48)46-32-17-13-19-34(29-32)49-41-26-10-6-22-37(41)38-23-7-11-27-42(38)49/h30-44,46-47H,1-29,45H2. The second kappa shape index (κ2) is 15.6. The molecule has 14 unspecified atom stereocenters. The highest BCUT2D eigenvalue weighted by atomic mass is 15.3. The minimum Gasteiger partial charge on any atom is -0.316 e. The van der Waals surface area contributed by atoms with Gasteiger partial charge in [0.15, 0.2) is 0 Å². The molecule has 0 aromatic heterocycles. The van der Waals surface area contributed by atoms with Crippen molar-refractivity contribution in [1.82, 2.24) is 20.4 Å². The van der Waals surface area contributed by atoms with Crippen molar-refractivity contribution >= 4 is 0 Å². The Morgan fingerprint density at radius 3 is 1.37 bits per heavy atom. The van der Waals surface area contributed by atoms with Gasteiger partial charge in [0.2, 0.25) is 0 Å². The van der Waals surface area contributed by atoms with Gasteiger partial charge in [0.05, 0.1) is 12.3 Å². The predicted octanol–water partition coefficient (Wildman–Crippen LogP) is 9.09. The third kappa shape index (κ3) is 6.99. The van der Waals surface area contributed by atoms with E-state index in [-0.39, 0.29) is 6.17 Å². The van der Waals surface area contributed by atoms with Gasteiger partial charge in [0.25, 0.3) is 0 Å². The molecule has 2 aliphatic heterocycles. The molecule has 4 N–H and O–H groups in total. The minimum absolute atomic E-state index is 0.152. The summed E-state index contributed by atoms with van der Waals surface area (Å²) in [7, 11) is 0. The van der Waals surface area contributed by atoms with Gasteiger partial charge in [0, 0.05) is 42.3 Å². The first-order valence-electron chi connectivity index (χ1n) is 23.1. The zero-order chi connectivity index (χ0) is 32.7. The van der Waals surface area contributed by atoms with Gasteiger partial charge in [-0.05, 0) is 138 Å². The summed E-state index contributed by atoms with van der Waals surface area (Å²) in [5, 5.41) is 8.72. The number of nitrogens with two attached hydrogens (primary N) is 1. The summed E-state index contributed by atoms with van der Waals surface area (Å²) in [6.45, 7) is 0. The van der Waals surface area contributed by atoms with Crippen molar-refractivity contribution in [3.63, 3.8) is 0 Å². The van der Waals surface area contributed by atoms with Gasteiger partial charge in [-0.25, -0.2) is 0 Å². The van der Waals surface area contributed by atoms with Crippen molar-refractivity contribution in [3.8, 4) is 0 Å². The Morgan fingerprint density at radius 1 is 0.408 bits per heavy atom. The smallest absolute Gasteiger partial charge is 0.0615 e. The molecule has 0 spiro atoms. The van der Waals surface area contributed by atoms with E-state index >= 15 is 0 Å². The first kappa shape index (κ1) is 34.6. The first-order chi connectivity index (χ1) is 24.2. The lowest BCUT2D eigenvalue weighted by Gasteiger charge is -2.48. The van der Waals surface area contributed by atoms with Gasteiger partial charge >= 0.3 is 0 Å². The average Bonchev–Trinajstić information content (AvgIpc) is 3.68. The maximum absolute atomic E-state index is 7.20. The minimum atomic E-state index is 0.152. The van der Waals surface area contributed by atoms with Gasteiger partial charge in [-0.2, -0.15) is 0 Å². The largest absolute Gasteiger partial charge is 0.316 e. The predicted molar refractivity (Wildman–Crippen MR) is 203 cm³/mol. The van der Waals surface area contributed by atoms with E-state index in [2.05, 4.69) is 20.4 Å². The number of rotatable bonds is 8. The molecule has 7 saturated carbocycles. The van der Waals surface area contributed by atoms with Crippen LogP contribution in [0, 0.1) is 35.5 Å².